The molecule has 4 rings (SSSR count). The highest BCUT2D eigenvalue weighted by atomic mass is 19.4. The average molecular weight is 458 g/mol. The number of rotatable bonds is 4. The number of hydrogen-bond acceptors (Lipinski definition) is 4. The van der Waals surface area contributed by atoms with Crippen LogP contribution in [0.4, 0.5) is 18.9 Å². The first-order chi connectivity index (χ1) is 15.6. The molecular formula is C25H25F3N2O3. The van der Waals surface area contributed by atoms with Gasteiger partial charge in [0.2, 0.25) is 0 Å². The number of carbonyl (C=O) groups excluding carboxylic acids is 2. The van der Waals surface area contributed by atoms with Crippen molar-refractivity contribution in [2.24, 2.45) is 5.92 Å². The van der Waals surface area contributed by atoms with Crippen LogP contribution in [-0.2, 0) is 15.8 Å². The minimum atomic E-state index is -4.60. The molecule has 2 aromatic rings. The van der Waals surface area contributed by atoms with Gasteiger partial charge in [0.05, 0.1) is 16.8 Å². The van der Waals surface area contributed by atoms with E-state index in [0.29, 0.717) is 18.7 Å². The van der Waals surface area contributed by atoms with Crippen LogP contribution in [0, 0.1) is 19.8 Å². The molecule has 2 aliphatic rings. The summed E-state index contributed by atoms with van der Waals surface area (Å²) in [5.41, 5.74) is 1.81. The number of piperidine rings is 1. The molecule has 8 heteroatoms. The smallest absolute Gasteiger partial charge is 0.396 e. The Morgan fingerprint density at radius 2 is 1.79 bits per heavy atom. The lowest BCUT2D eigenvalue weighted by Gasteiger charge is -2.34. The lowest BCUT2D eigenvalue weighted by molar-refractivity contribution is -0.137. The van der Waals surface area contributed by atoms with Crippen LogP contribution in [0.2, 0.25) is 0 Å². The second-order valence-electron chi connectivity index (χ2n) is 8.65. The third kappa shape index (κ3) is 4.27. The average Bonchev–Trinajstić information content (AvgIpc) is 3.05. The Labute approximate surface area is 190 Å². The van der Waals surface area contributed by atoms with Gasteiger partial charge in [-0.25, -0.2) is 4.90 Å². The minimum absolute atomic E-state index is 0.0395. The number of hydrogen-bond donors (Lipinski definition) is 1. The van der Waals surface area contributed by atoms with Gasteiger partial charge in [0.15, 0.2) is 0 Å². The van der Waals surface area contributed by atoms with E-state index in [2.05, 4.69) is 0 Å². The van der Waals surface area contributed by atoms with Gasteiger partial charge in [0, 0.05) is 19.7 Å². The number of alkyl halides is 3. The number of benzene rings is 2. The maximum absolute atomic E-state index is 13.6. The molecule has 0 radical (unpaired) electrons. The molecule has 174 valence electrons. The lowest BCUT2D eigenvalue weighted by atomic mass is 9.96. The zero-order valence-electron chi connectivity index (χ0n) is 18.4. The number of halogens is 3. The van der Waals surface area contributed by atoms with Gasteiger partial charge in [-0.15, -0.1) is 0 Å². The van der Waals surface area contributed by atoms with Crippen molar-refractivity contribution in [2.75, 3.05) is 24.6 Å². The summed E-state index contributed by atoms with van der Waals surface area (Å²) in [6, 6.07) is 9.68. The van der Waals surface area contributed by atoms with E-state index < -0.39 is 23.6 Å². The fraction of sp³-hybridized carbons (Fsp3) is 0.360. The molecule has 1 unspecified atom stereocenters. The fourth-order valence-corrected chi connectivity index (χ4v) is 4.44. The Hall–Kier alpha value is -3.13. The van der Waals surface area contributed by atoms with Crippen molar-refractivity contribution < 1.29 is 27.9 Å². The lowest BCUT2D eigenvalue weighted by Crippen LogP contribution is -2.40. The first kappa shape index (κ1) is 23.0. The van der Waals surface area contributed by atoms with Gasteiger partial charge in [-0.3, -0.25) is 9.59 Å². The number of likely N-dealkylation sites (tertiary alicyclic amines) is 1. The number of anilines is 1. The van der Waals surface area contributed by atoms with Crippen molar-refractivity contribution in [3.63, 3.8) is 0 Å². The van der Waals surface area contributed by atoms with Crippen LogP contribution in [0.3, 0.4) is 0 Å². The molecule has 0 aromatic heterocycles. The minimum Gasteiger partial charge on any atom is -0.396 e. The first-order valence-corrected chi connectivity index (χ1v) is 10.9. The molecule has 2 heterocycles. The molecule has 1 N–H and O–H groups in total. The van der Waals surface area contributed by atoms with Gasteiger partial charge in [-0.1, -0.05) is 24.3 Å². The van der Waals surface area contributed by atoms with E-state index in [1.165, 1.54) is 12.1 Å². The van der Waals surface area contributed by atoms with Gasteiger partial charge in [0.25, 0.3) is 11.8 Å². The molecule has 0 spiro atoms. The van der Waals surface area contributed by atoms with E-state index in [1.807, 2.05) is 26.0 Å². The molecule has 0 saturated carbocycles. The summed E-state index contributed by atoms with van der Waals surface area (Å²) in [7, 11) is 0. The number of imide groups is 1. The molecule has 1 atom stereocenters. The van der Waals surface area contributed by atoms with Crippen molar-refractivity contribution in [1.82, 2.24) is 4.90 Å². The van der Waals surface area contributed by atoms with Crippen LogP contribution in [0.25, 0.3) is 5.57 Å². The number of aliphatic hydroxyl groups excluding tert-OH is 1. The summed E-state index contributed by atoms with van der Waals surface area (Å²) in [6.07, 6.45) is -3.06. The van der Waals surface area contributed by atoms with Crippen molar-refractivity contribution in [1.29, 1.82) is 0 Å². The number of carbonyl (C=O) groups is 2. The maximum Gasteiger partial charge on any atom is 0.416 e. The van der Waals surface area contributed by atoms with Crippen molar-refractivity contribution in [3.8, 4) is 0 Å². The summed E-state index contributed by atoms with van der Waals surface area (Å²) < 4.78 is 39.9. The molecule has 0 bridgehead atoms. The summed E-state index contributed by atoms with van der Waals surface area (Å²) in [5, 5.41) is 9.64. The highest BCUT2D eigenvalue weighted by molar-refractivity contribution is 6.45. The quantitative estimate of drug-likeness (QED) is 0.694. The first-order valence-electron chi connectivity index (χ1n) is 10.9. The van der Waals surface area contributed by atoms with Crippen LogP contribution in [0.1, 0.15) is 35.1 Å². The topological polar surface area (TPSA) is 60.9 Å². The Morgan fingerprint density at radius 1 is 1.03 bits per heavy atom. The van der Waals surface area contributed by atoms with E-state index in [9.17, 15) is 27.9 Å². The van der Waals surface area contributed by atoms with Crippen molar-refractivity contribution in [3.05, 3.63) is 70.4 Å². The zero-order valence-corrected chi connectivity index (χ0v) is 18.4. The van der Waals surface area contributed by atoms with Gasteiger partial charge in [-0.2, -0.15) is 13.2 Å². The third-order valence-corrected chi connectivity index (χ3v) is 6.38. The molecule has 5 nitrogen and oxygen atoms in total. The molecule has 2 aromatic carbocycles. The van der Waals surface area contributed by atoms with Crippen molar-refractivity contribution >= 4 is 23.1 Å². The monoisotopic (exact) mass is 458 g/mol. The van der Waals surface area contributed by atoms with Gasteiger partial charge < -0.3 is 10.0 Å². The van der Waals surface area contributed by atoms with E-state index in [0.717, 1.165) is 41.0 Å². The number of aliphatic hydroxyl groups is 1. The van der Waals surface area contributed by atoms with Crippen LogP contribution in [0.15, 0.2) is 48.2 Å². The standard InChI is InChI=1S/C25H25F3N2O3/c1-15-8-9-18(11-16(15)2)21-22(29-10-4-5-17(13-29)14-31)24(33)30(23(21)32)20-7-3-6-19(12-20)25(26,27)28/h3,6-9,11-12,17,31H,4-5,10,13-14H2,1-2H3. The molecule has 0 aliphatic carbocycles. The number of amides is 2. The van der Waals surface area contributed by atoms with E-state index in [1.54, 1.807) is 11.0 Å². The SMILES string of the molecule is Cc1ccc(C2=C(N3CCCC(CO)C3)C(=O)N(c3cccc(C(F)(F)F)c3)C2=O)cc1C. The molecule has 1 fully saturated rings. The normalized spacial score (nSPS) is 19.6. The Morgan fingerprint density at radius 3 is 2.45 bits per heavy atom. The molecule has 33 heavy (non-hydrogen) atoms. The highest BCUT2D eigenvalue weighted by Gasteiger charge is 2.44. The maximum atomic E-state index is 13.6. The molecular weight excluding hydrogens is 433 g/mol. The molecule has 1 saturated heterocycles. The van der Waals surface area contributed by atoms with Crippen LogP contribution < -0.4 is 4.90 Å². The van der Waals surface area contributed by atoms with Gasteiger partial charge in [0.1, 0.15) is 5.70 Å². The van der Waals surface area contributed by atoms with Crippen LogP contribution >= 0.6 is 0 Å². The largest absolute Gasteiger partial charge is 0.416 e. The second-order valence-corrected chi connectivity index (χ2v) is 8.65. The fourth-order valence-electron chi connectivity index (χ4n) is 4.44. The number of nitrogens with zero attached hydrogens (tertiary/aromatic N) is 2. The molecule has 2 amide bonds. The summed E-state index contributed by atoms with van der Waals surface area (Å²) in [5.74, 6) is -1.34. The predicted molar refractivity (Wildman–Crippen MR) is 118 cm³/mol. The van der Waals surface area contributed by atoms with Crippen LogP contribution in [-0.4, -0.2) is 41.5 Å². The summed E-state index contributed by atoms with van der Waals surface area (Å²) >= 11 is 0. The summed E-state index contributed by atoms with van der Waals surface area (Å²) in [4.78, 5) is 29.8. The van der Waals surface area contributed by atoms with Crippen LogP contribution in [0.5, 0.6) is 0 Å². The van der Waals surface area contributed by atoms with E-state index in [-0.39, 0.29) is 29.5 Å². The van der Waals surface area contributed by atoms with E-state index in [4.69, 9.17) is 0 Å². The Kier molecular flexibility index (Phi) is 6.05. The van der Waals surface area contributed by atoms with Gasteiger partial charge in [-0.05, 0) is 67.5 Å². The second kappa shape index (κ2) is 8.67. The zero-order chi connectivity index (χ0) is 23.9. The Balaban J connectivity index is 1.83. The highest BCUT2D eigenvalue weighted by Crippen LogP contribution is 2.38. The van der Waals surface area contributed by atoms with Crippen molar-refractivity contribution in [2.45, 2.75) is 32.9 Å². The molecule has 2 aliphatic heterocycles. The Bertz CT molecular complexity index is 1140. The predicted octanol–water partition coefficient (Wildman–Crippen LogP) is 4.31. The third-order valence-electron chi connectivity index (χ3n) is 6.38. The van der Waals surface area contributed by atoms with E-state index >= 15 is 0 Å². The summed E-state index contributed by atoms with van der Waals surface area (Å²) in [6.45, 7) is 4.71. The number of aryl methyl sites for hydroxylation is 2. The van der Waals surface area contributed by atoms with Gasteiger partial charge >= 0.3 is 6.18 Å².